The first-order valence-electron chi connectivity index (χ1n) is 6.49. The lowest BCUT2D eigenvalue weighted by Gasteiger charge is -2.35. The van der Waals surface area contributed by atoms with Crippen molar-refractivity contribution in [2.45, 2.75) is 10.9 Å². The number of carbonyl (C=O) groups excluding carboxylic acids is 1. The van der Waals surface area contributed by atoms with Gasteiger partial charge in [0.25, 0.3) is 0 Å². The normalized spacial score (nSPS) is 23.0. The zero-order chi connectivity index (χ0) is 15.2. The minimum atomic E-state index is -3.79. The molecular weight excluding hydrogens is 299 g/mol. The summed E-state index contributed by atoms with van der Waals surface area (Å²) in [6, 6.07) is 3.10. The molecule has 114 valence electrons. The number of amides is 2. The van der Waals surface area contributed by atoms with Crippen LogP contribution < -0.4 is 11.1 Å². The number of nitrogens with one attached hydrogen (secondary N) is 1. The van der Waals surface area contributed by atoms with Crippen molar-refractivity contribution in [2.24, 2.45) is 0 Å². The van der Waals surface area contributed by atoms with Gasteiger partial charge in [-0.1, -0.05) is 0 Å². The van der Waals surface area contributed by atoms with Gasteiger partial charge < -0.3 is 16.0 Å². The van der Waals surface area contributed by atoms with Crippen molar-refractivity contribution in [3.63, 3.8) is 0 Å². The van der Waals surface area contributed by atoms with Crippen LogP contribution in [-0.4, -0.2) is 55.9 Å². The number of hydrogen-bond donors (Lipinski definition) is 2. The predicted molar refractivity (Wildman–Crippen MR) is 73.5 cm³/mol. The lowest BCUT2D eigenvalue weighted by atomic mass is 10.2. The van der Waals surface area contributed by atoms with Gasteiger partial charge in [0.2, 0.25) is 10.0 Å². The fourth-order valence-electron chi connectivity index (χ4n) is 2.61. The van der Waals surface area contributed by atoms with E-state index in [1.807, 2.05) is 0 Å². The predicted octanol–water partition coefficient (Wildman–Crippen LogP) is -0.194. The number of rotatable bonds is 2. The van der Waals surface area contributed by atoms with Gasteiger partial charge in [-0.05, 0) is 18.2 Å². The standard InChI is InChI=1S/C12H15FN4O3S/c13-10-5-9(1-2-11(10)14)21(19,20)16-3-4-17-8(7-16)6-15-12(17)18/h1-2,5,8H,3-4,6-7,14H2,(H,15,18). The van der Waals surface area contributed by atoms with Crippen LogP contribution in [0.2, 0.25) is 0 Å². The zero-order valence-corrected chi connectivity index (χ0v) is 11.9. The molecule has 1 aromatic rings. The molecule has 3 N–H and O–H groups in total. The van der Waals surface area contributed by atoms with E-state index in [2.05, 4.69) is 5.32 Å². The number of nitrogens with two attached hydrogens (primary N) is 1. The van der Waals surface area contributed by atoms with Gasteiger partial charge in [0.15, 0.2) is 0 Å². The van der Waals surface area contributed by atoms with E-state index in [0.717, 1.165) is 6.07 Å². The summed E-state index contributed by atoms with van der Waals surface area (Å²) < 4.78 is 39.8. The molecule has 1 unspecified atom stereocenters. The molecule has 2 fully saturated rings. The van der Waals surface area contributed by atoms with E-state index in [0.29, 0.717) is 13.1 Å². The number of hydrogen-bond acceptors (Lipinski definition) is 4. The molecule has 0 spiro atoms. The van der Waals surface area contributed by atoms with Gasteiger partial charge in [0.05, 0.1) is 16.6 Å². The van der Waals surface area contributed by atoms with Crippen LogP contribution in [0, 0.1) is 5.82 Å². The zero-order valence-electron chi connectivity index (χ0n) is 11.1. The van der Waals surface area contributed by atoms with E-state index in [1.165, 1.54) is 16.4 Å². The minimum absolute atomic E-state index is 0.0932. The van der Waals surface area contributed by atoms with Crippen molar-refractivity contribution in [3.05, 3.63) is 24.0 Å². The first-order chi connectivity index (χ1) is 9.89. The van der Waals surface area contributed by atoms with Crippen molar-refractivity contribution in [2.75, 3.05) is 31.9 Å². The average Bonchev–Trinajstić information content (AvgIpc) is 2.83. The molecule has 2 aliphatic rings. The maximum Gasteiger partial charge on any atom is 0.317 e. The van der Waals surface area contributed by atoms with E-state index < -0.39 is 15.8 Å². The fraction of sp³-hybridized carbons (Fsp3) is 0.417. The molecule has 0 aliphatic carbocycles. The molecule has 9 heteroatoms. The third-order valence-corrected chi connectivity index (χ3v) is 5.67. The largest absolute Gasteiger partial charge is 0.396 e. The molecule has 0 aromatic heterocycles. The first-order valence-corrected chi connectivity index (χ1v) is 7.93. The summed E-state index contributed by atoms with van der Waals surface area (Å²) in [5.41, 5.74) is 5.27. The highest BCUT2D eigenvalue weighted by Crippen LogP contribution is 2.23. The molecule has 0 radical (unpaired) electrons. The summed E-state index contributed by atoms with van der Waals surface area (Å²) in [5.74, 6) is -0.757. The molecule has 21 heavy (non-hydrogen) atoms. The Morgan fingerprint density at radius 1 is 1.33 bits per heavy atom. The Morgan fingerprint density at radius 2 is 2.10 bits per heavy atom. The van der Waals surface area contributed by atoms with Gasteiger partial charge in [-0.2, -0.15) is 4.31 Å². The van der Waals surface area contributed by atoms with Crippen molar-refractivity contribution >= 4 is 21.7 Å². The minimum Gasteiger partial charge on any atom is -0.396 e. The van der Waals surface area contributed by atoms with Crippen molar-refractivity contribution in [1.82, 2.24) is 14.5 Å². The van der Waals surface area contributed by atoms with E-state index in [9.17, 15) is 17.6 Å². The molecule has 0 bridgehead atoms. The molecule has 0 saturated carbocycles. The number of anilines is 1. The van der Waals surface area contributed by atoms with Crippen LogP contribution in [-0.2, 0) is 10.0 Å². The summed E-state index contributed by atoms with van der Waals surface area (Å²) in [5, 5.41) is 2.68. The van der Waals surface area contributed by atoms with E-state index in [-0.39, 0.29) is 35.7 Å². The molecule has 2 amide bonds. The molecule has 1 aromatic carbocycles. The van der Waals surface area contributed by atoms with E-state index >= 15 is 0 Å². The van der Waals surface area contributed by atoms with Crippen LogP contribution in [0.15, 0.2) is 23.1 Å². The van der Waals surface area contributed by atoms with E-state index in [1.54, 1.807) is 4.90 Å². The second-order valence-corrected chi connectivity index (χ2v) is 7.02. The van der Waals surface area contributed by atoms with Gasteiger partial charge in [-0.15, -0.1) is 0 Å². The Balaban J connectivity index is 1.85. The first kappa shape index (κ1) is 14.1. The van der Waals surface area contributed by atoms with Crippen LogP contribution in [0.5, 0.6) is 0 Å². The maximum atomic E-state index is 13.5. The number of benzene rings is 1. The lowest BCUT2D eigenvalue weighted by molar-refractivity contribution is 0.164. The Morgan fingerprint density at radius 3 is 2.81 bits per heavy atom. The highest BCUT2D eigenvalue weighted by Gasteiger charge is 2.39. The van der Waals surface area contributed by atoms with Crippen molar-refractivity contribution < 1.29 is 17.6 Å². The molecule has 2 aliphatic heterocycles. The number of piperazine rings is 1. The average molecular weight is 314 g/mol. The monoisotopic (exact) mass is 314 g/mol. The SMILES string of the molecule is Nc1ccc(S(=O)(=O)N2CCN3C(=O)NCC3C2)cc1F. The molecule has 2 saturated heterocycles. The summed E-state index contributed by atoms with van der Waals surface area (Å²) >= 11 is 0. The number of fused-ring (bicyclic) bond motifs is 1. The van der Waals surface area contributed by atoms with Crippen LogP contribution in [0.3, 0.4) is 0 Å². The maximum absolute atomic E-state index is 13.5. The topological polar surface area (TPSA) is 95.7 Å². The Hall–Kier alpha value is -1.87. The Kier molecular flexibility index (Phi) is 3.25. The third-order valence-electron chi connectivity index (χ3n) is 3.80. The summed E-state index contributed by atoms with van der Waals surface area (Å²) in [4.78, 5) is 13.0. The third kappa shape index (κ3) is 2.32. The molecule has 7 nitrogen and oxygen atoms in total. The summed E-state index contributed by atoms with van der Waals surface area (Å²) in [6.07, 6.45) is 0. The van der Waals surface area contributed by atoms with Gasteiger partial charge in [-0.3, -0.25) is 0 Å². The molecular formula is C12H15FN4O3S. The van der Waals surface area contributed by atoms with Gasteiger partial charge in [0, 0.05) is 26.2 Å². The van der Waals surface area contributed by atoms with Gasteiger partial charge >= 0.3 is 6.03 Å². The highest BCUT2D eigenvalue weighted by atomic mass is 32.2. The summed E-state index contributed by atoms with van der Waals surface area (Å²) in [7, 11) is -3.79. The van der Waals surface area contributed by atoms with Gasteiger partial charge in [-0.25, -0.2) is 17.6 Å². The quantitative estimate of drug-likeness (QED) is 0.739. The number of urea groups is 1. The van der Waals surface area contributed by atoms with Crippen molar-refractivity contribution in [1.29, 1.82) is 0 Å². The smallest absolute Gasteiger partial charge is 0.317 e. The summed E-state index contributed by atoms with van der Waals surface area (Å²) in [6.45, 7) is 1.14. The molecule has 2 heterocycles. The molecule has 1 atom stereocenters. The number of nitrogen functional groups attached to an aromatic ring is 1. The van der Waals surface area contributed by atoms with Crippen LogP contribution in [0.25, 0.3) is 0 Å². The van der Waals surface area contributed by atoms with Crippen LogP contribution in [0.4, 0.5) is 14.9 Å². The number of sulfonamides is 1. The fourth-order valence-corrected chi connectivity index (χ4v) is 4.09. The second-order valence-electron chi connectivity index (χ2n) is 5.08. The van der Waals surface area contributed by atoms with Crippen LogP contribution >= 0.6 is 0 Å². The Bertz CT molecular complexity index is 694. The number of carbonyl (C=O) groups is 1. The number of nitrogens with zero attached hydrogens (tertiary/aromatic N) is 2. The Labute approximate surface area is 121 Å². The van der Waals surface area contributed by atoms with Crippen LogP contribution in [0.1, 0.15) is 0 Å². The van der Waals surface area contributed by atoms with Gasteiger partial charge in [0.1, 0.15) is 5.82 Å². The molecule has 3 rings (SSSR count). The highest BCUT2D eigenvalue weighted by molar-refractivity contribution is 7.89. The van der Waals surface area contributed by atoms with Crippen molar-refractivity contribution in [3.8, 4) is 0 Å². The second kappa shape index (κ2) is 4.85. The van der Waals surface area contributed by atoms with E-state index in [4.69, 9.17) is 5.73 Å². The number of halogens is 1. The lowest BCUT2D eigenvalue weighted by Crippen LogP contribution is -2.53.